The molecule has 0 bridgehead atoms. The predicted molar refractivity (Wildman–Crippen MR) is 80.5 cm³/mol. The molecule has 1 aromatic rings. The van der Waals surface area contributed by atoms with Gasteiger partial charge in [0.25, 0.3) is 0 Å². The molecule has 0 aromatic carbocycles. The predicted octanol–water partition coefficient (Wildman–Crippen LogP) is 3.06. The van der Waals surface area contributed by atoms with Gasteiger partial charge in [0.1, 0.15) is 16.5 Å². The van der Waals surface area contributed by atoms with E-state index in [1.54, 1.807) is 0 Å². The number of thiol groups is 1. The van der Waals surface area contributed by atoms with Gasteiger partial charge in [-0.3, -0.25) is 0 Å². The van der Waals surface area contributed by atoms with Crippen LogP contribution in [0.5, 0.6) is 0 Å². The topological polar surface area (TPSA) is 55.0 Å². The van der Waals surface area contributed by atoms with Gasteiger partial charge in [0.15, 0.2) is 5.82 Å². The third-order valence-electron chi connectivity index (χ3n) is 2.88. The van der Waals surface area contributed by atoms with Crippen LogP contribution < -0.4 is 10.6 Å². The molecule has 0 aliphatic rings. The summed E-state index contributed by atoms with van der Waals surface area (Å²) in [4.78, 5) is 10.9. The monoisotopic (exact) mass is 268 g/mol. The Balaban J connectivity index is 2.95. The highest BCUT2D eigenvalue weighted by atomic mass is 32.1. The molecule has 0 fully saturated rings. The molecule has 0 atom stereocenters. The zero-order valence-corrected chi connectivity index (χ0v) is 12.5. The molecule has 1 rings (SSSR count). The molecule has 0 radical (unpaired) electrons. The average molecular weight is 268 g/mol. The van der Waals surface area contributed by atoms with Crippen molar-refractivity contribution in [3.8, 4) is 0 Å². The van der Waals surface area contributed by atoms with E-state index >= 15 is 0 Å². The number of unbranched alkanes of at least 4 members (excludes halogenated alkanes) is 2. The molecule has 1 aromatic heterocycles. The molecule has 0 spiro atoms. The van der Waals surface area contributed by atoms with Crippen molar-refractivity contribution in [3.05, 3.63) is 5.82 Å². The number of nitrogens with zero attached hydrogens (tertiary/aromatic N) is 3. The molecular weight excluding hydrogens is 244 g/mol. The summed E-state index contributed by atoms with van der Waals surface area (Å²) in [7, 11) is 0. The number of hydrogen-bond donors (Lipinski definition) is 2. The Morgan fingerprint density at radius 3 is 2.17 bits per heavy atom. The van der Waals surface area contributed by atoms with Crippen LogP contribution in [0.4, 0.5) is 11.5 Å². The summed E-state index contributed by atoms with van der Waals surface area (Å²) in [6.45, 7) is 8.24. The van der Waals surface area contributed by atoms with E-state index in [9.17, 15) is 0 Å². The highest BCUT2D eigenvalue weighted by molar-refractivity contribution is 7.80. The maximum absolute atomic E-state index is 6.05. The van der Waals surface area contributed by atoms with Gasteiger partial charge in [0.2, 0.25) is 0 Å². The van der Waals surface area contributed by atoms with Gasteiger partial charge in [-0.05, 0) is 19.8 Å². The molecule has 0 saturated carbocycles. The fourth-order valence-corrected chi connectivity index (χ4v) is 2.06. The van der Waals surface area contributed by atoms with Gasteiger partial charge in [-0.15, -0.1) is 12.6 Å². The number of rotatable bonds is 7. The minimum Gasteiger partial charge on any atom is -0.394 e. The molecule has 18 heavy (non-hydrogen) atoms. The lowest BCUT2D eigenvalue weighted by Crippen LogP contribution is -2.28. The Bertz CT molecular complexity index is 373. The standard InChI is InChI=1S/C13H24N4S/c1-4-6-8-17(9-7-5-2)12-11(14)13(18)16-10(3)15-12/h4-9,14H2,1-3H3,(H,15,16,18). The summed E-state index contributed by atoms with van der Waals surface area (Å²) in [6, 6.07) is 0. The second-order valence-electron chi connectivity index (χ2n) is 4.53. The van der Waals surface area contributed by atoms with Crippen LogP contribution in [0, 0.1) is 6.92 Å². The van der Waals surface area contributed by atoms with Gasteiger partial charge in [0.05, 0.1) is 0 Å². The van der Waals surface area contributed by atoms with E-state index in [1.807, 2.05) is 6.92 Å². The van der Waals surface area contributed by atoms with Crippen LogP contribution >= 0.6 is 12.6 Å². The SMILES string of the molecule is CCCCN(CCCC)c1nc(C)nc(S)c1N. The van der Waals surface area contributed by atoms with E-state index in [2.05, 4.69) is 41.3 Å². The van der Waals surface area contributed by atoms with Crippen LogP contribution in [-0.4, -0.2) is 23.1 Å². The molecule has 102 valence electrons. The van der Waals surface area contributed by atoms with Crippen LogP contribution in [0.25, 0.3) is 0 Å². The van der Waals surface area contributed by atoms with Gasteiger partial charge in [0, 0.05) is 13.1 Å². The van der Waals surface area contributed by atoms with Crippen molar-refractivity contribution in [2.45, 2.75) is 51.5 Å². The van der Waals surface area contributed by atoms with Gasteiger partial charge >= 0.3 is 0 Å². The van der Waals surface area contributed by atoms with E-state index in [4.69, 9.17) is 5.73 Å². The minimum atomic E-state index is 0.579. The lowest BCUT2D eigenvalue weighted by Gasteiger charge is -2.25. The van der Waals surface area contributed by atoms with Crippen molar-refractivity contribution in [2.24, 2.45) is 0 Å². The Morgan fingerprint density at radius 1 is 1.11 bits per heavy atom. The van der Waals surface area contributed by atoms with Gasteiger partial charge < -0.3 is 10.6 Å². The fraction of sp³-hybridized carbons (Fsp3) is 0.692. The van der Waals surface area contributed by atoms with Crippen molar-refractivity contribution in [3.63, 3.8) is 0 Å². The van der Waals surface area contributed by atoms with Crippen molar-refractivity contribution in [1.29, 1.82) is 0 Å². The van der Waals surface area contributed by atoms with E-state index in [0.29, 0.717) is 10.7 Å². The van der Waals surface area contributed by atoms with E-state index in [0.717, 1.165) is 37.6 Å². The molecule has 0 amide bonds. The normalized spacial score (nSPS) is 10.7. The molecule has 0 unspecified atom stereocenters. The zero-order valence-electron chi connectivity index (χ0n) is 11.6. The summed E-state index contributed by atoms with van der Waals surface area (Å²) < 4.78 is 0. The van der Waals surface area contributed by atoms with E-state index in [-0.39, 0.29) is 0 Å². The maximum Gasteiger partial charge on any atom is 0.156 e. The lowest BCUT2D eigenvalue weighted by molar-refractivity contribution is 0.668. The smallest absolute Gasteiger partial charge is 0.156 e. The molecule has 0 saturated heterocycles. The highest BCUT2D eigenvalue weighted by Gasteiger charge is 2.14. The van der Waals surface area contributed by atoms with Gasteiger partial charge in [-0.2, -0.15) is 0 Å². The first-order chi connectivity index (χ1) is 8.60. The van der Waals surface area contributed by atoms with E-state index in [1.165, 1.54) is 12.8 Å². The summed E-state index contributed by atoms with van der Waals surface area (Å²) in [6.07, 6.45) is 4.63. The Kier molecular flexibility index (Phi) is 6.25. The Labute approximate surface area is 115 Å². The minimum absolute atomic E-state index is 0.579. The molecule has 1 heterocycles. The first-order valence-electron chi connectivity index (χ1n) is 6.68. The third-order valence-corrected chi connectivity index (χ3v) is 3.22. The van der Waals surface area contributed by atoms with E-state index < -0.39 is 0 Å². The van der Waals surface area contributed by atoms with Crippen molar-refractivity contribution >= 4 is 24.1 Å². The van der Waals surface area contributed by atoms with Gasteiger partial charge in [-0.25, -0.2) is 9.97 Å². The van der Waals surface area contributed by atoms with Gasteiger partial charge in [-0.1, -0.05) is 26.7 Å². The molecule has 0 aliphatic carbocycles. The number of aryl methyl sites for hydroxylation is 1. The molecule has 0 aliphatic heterocycles. The quantitative estimate of drug-likeness (QED) is 0.589. The summed E-state index contributed by atoms with van der Waals surface area (Å²) in [5.41, 5.74) is 6.65. The lowest BCUT2D eigenvalue weighted by atomic mass is 10.2. The van der Waals surface area contributed by atoms with Crippen LogP contribution in [-0.2, 0) is 0 Å². The first kappa shape index (κ1) is 15.1. The van der Waals surface area contributed by atoms with Crippen molar-refractivity contribution in [2.75, 3.05) is 23.7 Å². The number of nitrogen functional groups attached to an aromatic ring is 1. The second kappa shape index (κ2) is 7.46. The number of hydrogen-bond acceptors (Lipinski definition) is 5. The van der Waals surface area contributed by atoms with Crippen LogP contribution in [0.2, 0.25) is 0 Å². The van der Waals surface area contributed by atoms with Crippen LogP contribution in [0.1, 0.15) is 45.4 Å². The molecular formula is C13H24N4S. The van der Waals surface area contributed by atoms with Crippen LogP contribution in [0.3, 0.4) is 0 Å². The molecule has 5 heteroatoms. The Morgan fingerprint density at radius 2 is 1.67 bits per heavy atom. The first-order valence-corrected chi connectivity index (χ1v) is 7.12. The second-order valence-corrected chi connectivity index (χ2v) is 4.95. The molecule has 4 nitrogen and oxygen atoms in total. The summed E-state index contributed by atoms with van der Waals surface area (Å²) in [5, 5.41) is 0.579. The number of aromatic nitrogens is 2. The summed E-state index contributed by atoms with van der Waals surface area (Å²) in [5.74, 6) is 1.57. The maximum atomic E-state index is 6.05. The third kappa shape index (κ3) is 4.05. The fourth-order valence-electron chi connectivity index (χ4n) is 1.81. The van der Waals surface area contributed by atoms with Crippen LogP contribution in [0.15, 0.2) is 5.03 Å². The Hall–Kier alpha value is -0.970. The zero-order chi connectivity index (χ0) is 13.5. The highest BCUT2D eigenvalue weighted by Crippen LogP contribution is 2.26. The van der Waals surface area contributed by atoms with Crippen molar-refractivity contribution in [1.82, 2.24) is 9.97 Å². The number of nitrogens with two attached hydrogens (primary N) is 1. The average Bonchev–Trinajstić information content (AvgIpc) is 2.34. The number of anilines is 2. The van der Waals surface area contributed by atoms with Crippen molar-refractivity contribution < 1.29 is 0 Å². The molecule has 2 N–H and O–H groups in total. The largest absolute Gasteiger partial charge is 0.394 e. The summed E-state index contributed by atoms with van der Waals surface area (Å²) >= 11 is 4.31.